The predicted molar refractivity (Wildman–Crippen MR) is 82.5 cm³/mol. The first-order chi connectivity index (χ1) is 9.19. The third-order valence-corrected chi connectivity index (χ3v) is 5.23. The van der Waals surface area contributed by atoms with Gasteiger partial charge in [0.2, 0.25) is 0 Å². The highest BCUT2D eigenvalue weighted by Crippen LogP contribution is 2.25. The van der Waals surface area contributed by atoms with Crippen LogP contribution in [0.4, 0.5) is 0 Å². The number of hydrogen-bond acceptors (Lipinski definition) is 3. The van der Waals surface area contributed by atoms with Crippen LogP contribution in [-0.4, -0.2) is 63.2 Å². The van der Waals surface area contributed by atoms with Gasteiger partial charge in [0.25, 0.3) is 0 Å². The lowest BCUT2D eigenvalue weighted by atomic mass is 9.84. The topological polar surface area (TPSA) is 18.5 Å². The summed E-state index contributed by atoms with van der Waals surface area (Å²) in [5.41, 5.74) is 0. The first-order valence-corrected chi connectivity index (χ1v) is 8.23. The van der Waals surface area contributed by atoms with Crippen molar-refractivity contribution in [3.63, 3.8) is 0 Å². The molecule has 3 nitrogen and oxygen atoms in total. The van der Waals surface area contributed by atoms with E-state index in [1.807, 2.05) is 0 Å². The lowest BCUT2D eigenvalue weighted by Gasteiger charge is -2.36. The molecule has 112 valence electrons. The van der Waals surface area contributed by atoms with E-state index in [0.717, 1.165) is 17.9 Å². The Balaban J connectivity index is 1.72. The summed E-state index contributed by atoms with van der Waals surface area (Å²) in [6.07, 6.45) is 8.43. The van der Waals surface area contributed by atoms with Gasteiger partial charge < -0.3 is 15.1 Å². The number of nitrogens with one attached hydrogen (secondary N) is 1. The van der Waals surface area contributed by atoms with Gasteiger partial charge in [0.1, 0.15) is 0 Å². The van der Waals surface area contributed by atoms with Gasteiger partial charge in [-0.3, -0.25) is 0 Å². The zero-order valence-electron chi connectivity index (χ0n) is 13.2. The summed E-state index contributed by atoms with van der Waals surface area (Å²) >= 11 is 0. The lowest BCUT2D eigenvalue weighted by molar-refractivity contribution is 0.145. The number of rotatable bonds is 5. The van der Waals surface area contributed by atoms with Crippen molar-refractivity contribution in [3.05, 3.63) is 0 Å². The minimum absolute atomic E-state index is 0.758. The molecule has 1 N–H and O–H groups in total. The van der Waals surface area contributed by atoms with Gasteiger partial charge in [0, 0.05) is 19.1 Å². The fourth-order valence-corrected chi connectivity index (χ4v) is 3.97. The average Bonchev–Trinajstić information content (AvgIpc) is 2.42. The van der Waals surface area contributed by atoms with E-state index in [1.54, 1.807) is 0 Å². The van der Waals surface area contributed by atoms with Crippen molar-refractivity contribution < 1.29 is 0 Å². The second kappa shape index (κ2) is 7.61. The maximum Gasteiger partial charge on any atom is 0.0104 e. The Morgan fingerprint density at radius 2 is 1.74 bits per heavy atom. The molecule has 1 heterocycles. The molecule has 1 aliphatic heterocycles. The minimum atomic E-state index is 0.758. The SMILES string of the molecule is CNC1CCCCC1CN(C)CC1CCN(C)CC1. The molecule has 1 saturated heterocycles. The second-order valence-corrected chi connectivity index (χ2v) is 6.91. The molecule has 1 aliphatic carbocycles. The van der Waals surface area contributed by atoms with E-state index in [-0.39, 0.29) is 0 Å². The van der Waals surface area contributed by atoms with Crippen LogP contribution in [0.1, 0.15) is 38.5 Å². The Hall–Kier alpha value is -0.120. The highest BCUT2D eigenvalue weighted by atomic mass is 15.1. The number of nitrogens with zero attached hydrogens (tertiary/aromatic N) is 2. The first-order valence-electron chi connectivity index (χ1n) is 8.23. The van der Waals surface area contributed by atoms with Crippen LogP contribution < -0.4 is 5.32 Å². The summed E-state index contributed by atoms with van der Waals surface area (Å²) in [4.78, 5) is 5.07. The molecule has 2 aliphatic rings. The van der Waals surface area contributed by atoms with Crippen LogP contribution in [0.25, 0.3) is 0 Å². The van der Waals surface area contributed by atoms with Crippen molar-refractivity contribution in [1.29, 1.82) is 0 Å². The van der Waals surface area contributed by atoms with Crippen molar-refractivity contribution in [1.82, 2.24) is 15.1 Å². The summed E-state index contributed by atoms with van der Waals surface area (Å²) in [6.45, 7) is 5.18. The van der Waals surface area contributed by atoms with Crippen LogP contribution in [0, 0.1) is 11.8 Å². The lowest BCUT2D eigenvalue weighted by Crippen LogP contribution is -2.43. The Bertz CT molecular complexity index is 248. The summed E-state index contributed by atoms with van der Waals surface area (Å²) < 4.78 is 0. The van der Waals surface area contributed by atoms with Gasteiger partial charge in [-0.1, -0.05) is 12.8 Å². The third kappa shape index (κ3) is 4.73. The summed E-state index contributed by atoms with van der Waals surface area (Å²) in [6, 6.07) is 0.758. The van der Waals surface area contributed by atoms with Crippen molar-refractivity contribution in [3.8, 4) is 0 Å². The molecule has 0 aromatic heterocycles. The molecule has 2 fully saturated rings. The Morgan fingerprint density at radius 3 is 2.42 bits per heavy atom. The van der Waals surface area contributed by atoms with E-state index >= 15 is 0 Å². The van der Waals surface area contributed by atoms with Crippen LogP contribution >= 0.6 is 0 Å². The molecule has 19 heavy (non-hydrogen) atoms. The van der Waals surface area contributed by atoms with Gasteiger partial charge in [-0.15, -0.1) is 0 Å². The average molecular weight is 267 g/mol. The van der Waals surface area contributed by atoms with E-state index in [4.69, 9.17) is 0 Å². The maximum atomic E-state index is 3.54. The smallest absolute Gasteiger partial charge is 0.0104 e. The van der Waals surface area contributed by atoms with E-state index in [2.05, 4.69) is 36.3 Å². The summed E-state index contributed by atoms with van der Waals surface area (Å²) in [5, 5.41) is 3.54. The number of likely N-dealkylation sites (tertiary alicyclic amines) is 1. The van der Waals surface area contributed by atoms with Gasteiger partial charge in [-0.2, -0.15) is 0 Å². The molecule has 0 aromatic carbocycles. The monoisotopic (exact) mass is 267 g/mol. The van der Waals surface area contributed by atoms with Crippen LogP contribution in [0.3, 0.4) is 0 Å². The molecule has 2 rings (SSSR count). The summed E-state index contributed by atoms with van der Waals surface area (Å²) in [5.74, 6) is 1.80. The molecule has 0 radical (unpaired) electrons. The Labute approximate surface area is 119 Å². The van der Waals surface area contributed by atoms with Crippen molar-refractivity contribution in [2.24, 2.45) is 11.8 Å². The maximum absolute atomic E-state index is 3.54. The number of hydrogen-bond donors (Lipinski definition) is 1. The third-order valence-electron chi connectivity index (χ3n) is 5.23. The van der Waals surface area contributed by atoms with E-state index in [0.29, 0.717) is 0 Å². The molecule has 0 amide bonds. The van der Waals surface area contributed by atoms with Crippen LogP contribution in [-0.2, 0) is 0 Å². The highest BCUT2D eigenvalue weighted by Gasteiger charge is 2.26. The molecule has 0 bridgehead atoms. The van der Waals surface area contributed by atoms with Gasteiger partial charge >= 0.3 is 0 Å². The second-order valence-electron chi connectivity index (χ2n) is 6.91. The molecule has 0 aromatic rings. The fraction of sp³-hybridized carbons (Fsp3) is 1.00. The highest BCUT2D eigenvalue weighted by molar-refractivity contribution is 4.82. The van der Waals surface area contributed by atoms with Crippen molar-refractivity contribution >= 4 is 0 Å². The first kappa shape index (κ1) is 15.3. The van der Waals surface area contributed by atoms with Crippen LogP contribution in [0.5, 0.6) is 0 Å². The molecule has 0 spiro atoms. The van der Waals surface area contributed by atoms with Crippen LogP contribution in [0.15, 0.2) is 0 Å². The van der Waals surface area contributed by atoms with E-state index in [1.165, 1.54) is 64.7 Å². The van der Waals surface area contributed by atoms with Gasteiger partial charge in [-0.05, 0) is 71.8 Å². The minimum Gasteiger partial charge on any atom is -0.317 e. The van der Waals surface area contributed by atoms with E-state index < -0.39 is 0 Å². The van der Waals surface area contributed by atoms with E-state index in [9.17, 15) is 0 Å². The van der Waals surface area contributed by atoms with Gasteiger partial charge in [0.05, 0.1) is 0 Å². The zero-order chi connectivity index (χ0) is 13.7. The van der Waals surface area contributed by atoms with Gasteiger partial charge in [-0.25, -0.2) is 0 Å². The molecule has 3 heteroatoms. The molecule has 1 saturated carbocycles. The molecular weight excluding hydrogens is 234 g/mol. The van der Waals surface area contributed by atoms with Crippen LogP contribution in [0.2, 0.25) is 0 Å². The van der Waals surface area contributed by atoms with Gasteiger partial charge in [0.15, 0.2) is 0 Å². The fourth-order valence-electron chi connectivity index (χ4n) is 3.97. The zero-order valence-corrected chi connectivity index (χ0v) is 13.2. The molecule has 2 unspecified atom stereocenters. The Kier molecular flexibility index (Phi) is 6.11. The number of piperidine rings is 1. The van der Waals surface area contributed by atoms with Crippen molar-refractivity contribution in [2.45, 2.75) is 44.6 Å². The standard InChI is InChI=1S/C16H33N3/c1-17-16-7-5-4-6-15(16)13-19(3)12-14-8-10-18(2)11-9-14/h14-17H,4-13H2,1-3H3. The molecule has 2 atom stereocenters. The summed E-state index contributed by atoms with van der Waals surface area (Å²) in [7, 11) is 6.72. The van der Waals surface area contributed by atoms with Crippen molar-refractivity contribution in [2.75, 3.05) is 47.3 Å². The Morgan fingerprint density at radius 1 is 1.05 bits per heavy atom. The predicted octanol–water partition coefficient (Wildman–Crippen LogP) is 2.04. The molecular formula is C16H33N3. The largest absolute Gasteiger partial charge is 0.317 e. The quantitative estimate of drug-likeness (QED) is 0.822. The normalized spacial score (nSPS) is 30.9.